The second-order valence-corrected chi connectivity index (χ2v) is 26.5. The van der Waals surface area contributed by atoms with E-state index in [1.165, 1.54) is 109 Å². The highest BCUT2D eigenvalue weighted by Crippen LogP contribution is 2.36. The molecule has 0 unspecified atom stereocenters. The lowest BCUT2D eigenvalue weighted by Gasteiger charge is -2.28. The van der Waals surface area contributed by atoms with Crippen LogP contribution in [0.25, 0.3) is 0 Å². The summed E-state index contributed by atoms with van der Waals surface area (Å²) < 4.78 is 10.3. The molecule has 5 rings (SSSR count). The minimum absolute atomic E-state index is 0.403. The van der Waals surface area contributed by atoms with Gasteiger partial charge in [0.25, 0.3) is 0 Å². The Morgan fingerprint density at radius 2 is 0.682 bits per heavy atom. The molecule has 3 nitrogen and oxygen atoms in total. The van der Waals surface area contributed by atoms with E-state index in [9.17, 15) is 0 Å². The van der Waals surface area contributed by atoms with E-state index in [1.54, 1.807) is 7.11 Å². The Morgan fingerprint density at radius 3 is 0.788 bits per heavy atom. The van der Waals surface area contributed by atoms with E-state index in [0.717, 1.165) is 96.1 Å². The second kappa shape index (κ2) is 43.7. The highest BCUT2D eigenvalue weighted by molar-refractivity contribution is 4.75. The first kappa shape index (κ1) is 72.4. The van der Waals surface area contributed by atoms with Gasteiger partial charge in [0.05, 0.1) is 6.10 Å². The largest absolute Gasteiger partial charge is 0.381 e. The molecule has 404 valence electrons. The molecular formula is C63H135NO2. The molecule has 1 atom stereocenters. The average molecular weight is 939 g/mol. The normalized spacial score (nSPS) is 18.6. The van der Waals surface area contributed by atoms with Crippen LogP contribution in [-0.2, 0) is 9.47 Å². The van der Waals surface area contributed by atoms with Crippen LogP contribution in [0.1, 0.15) is 269 Å². The Hall–Kier alpha value is -0.120. The highest BCUT2D eigenvalue weighted by Gasteiger charge is 2.24. The van der Waals surface area contributed by atoms with Crippen LogP contribution < -0.4 is 0 Å². The monoisotopic (exact) mass is 938 g/mol. The van der Waals surface area contributed by atoms with Gasteiger partial charge in [-0.1, -0.05) is 236 Å². The van der Waals surface area contributed by atoms with E-state index in [-0.39, 0.29) is 0 Å². The summed E-state index contributed by atoms with van der Waals surface area (Å²) in [5, 5.41) is 0. The molecule has 5 fully saturated rings. The van der Waals surface area contributed by atoms with Gasteiger partial charge >= 0.3 is 0 Å². The van der Waals surface area contributed by atoms with Gasteiger partial charge in [-0.2, -0.15) is 0 Å². The Kier molecular flexibility index (Phi) is 47.9. The number of rotatable bonds is 10. The molecule has 1 aliphatic heterocycles. The van der Waals surface area contributed by atoms with Crippen molar-refractivity contribution in [1.82, 2.24) is 4.90 Å². The Bertz CT molecular complexity index is 892. The fourth-order valence-electron chi connectivity index (χ4n) is 7.68. The van der Waals surface area contributed by atoms with Crippen molar-refractivity contribution in [3.63, 3.8) is 0 Å². The zero-order valence-electron chi connectivity index (χ0n) is 51.4. The van der Waals surface area contributed by atoms with E-state index in [0.29, 0.717) is 17.4 Å². The van der Waals surface area contributed by atoms with Gasteiger partial charge in [0, 0.05) is 20.3 Å². The molecule has 0 N–H and O–H groups in total. The number of ether oxygens (including phenoxy) is 2. The molecule has 5 aliphatic rings. The molecule has 0 aromatic carbocycles. The Labute approximate surface area is 422 Å². The number of methoxy groups -OCH3 is 1. The molecule has 0 bridgehead atoms. The van der Waals surface area contributed by atoms with Gasteiger partial charge in [-0.15, -0.1) is 0 Å². The van der Waals surface area contributed by atoms with Crippen LogP contribution in [0.2, 0.25) is 0 Å². The third kappa shape index (κ3) is 48.9. The summed E-state index contributed by atoms with van der Waals surface area (Å²) in [6, 6.07) is 0. The second-order valence-electron chi connectivity index (χ2n) is 26.5. The fourth-order valence-corrected chi connectivity index (χ4v) is 7.68. The van der Waals surface area contributed by atoms with Crippen LogP contribution in [0, 0.1) is 94.2 Å². The molecule has 0 amide bonds. The molecule has 0 aromatic rings. The Morgan fingerprint density at radius 1 is 0.409 bits per heavy atom. The van der Waals surface area contributed by atoms with E-state index >= 15 is 0 Å². The quantitative estimate of drug-likeness (QED) is 0.218. The van der Waals surface area contributed by atoms with Crippen molar-refractivity contribution in [3.8, 4) is 0 Å². The molecule has 3 heteroatoms. The minimum atomic E-state index is 0.403. The highest BCUT2D eigenvalue weighted by atomic mass is 16.5. The molecular weight excluding hydrogens is 803 g/mol. The van der Waals surface area contributed by atoms with Crippen LogP contribution in [0.4, 0.5) is 0 Å². The standard InChI is InChI=1S/C9H18.C8H16O.C8H16.C7H14.C7H16.C6H15N.C6H14O.C6H12.C6H14/c1-8(2)9-6-4-3-5-7-9;1-7(2)8-3-5-9-6-4-8;1-7(2)8-5-3-4-6-8;1-6(2)7-4-3-5-7;1-6(2)7(3,4)5;1-6(2)5-7(3)4;1-5(2)6(3)7-4;1-5(2)6-3-4-6;1-5(2)6(3)4/h8-9H,3-7H2,1-2H3;7-8H,3-6H2,1-2H3;7-8H,3-6H2,1-2H3;6-7H,3-5H2,1-2H3;6H,1-5H3;6H,5H2,1-4H3;5-6H,1-4H3;5-6H,3-4H2,1-2H3;5-6H,1-4H3/t;;;;;;6-;;/m......1../s1. The molecule has 4 aliphatic carbocycles. The van der Waals surface area contributed by atoms with Crippen molar-refractivity contribution in [2.24, 2.45) is 94.2 Å². The van der Waals surface area contributed by atoms with Crippen LogP contribution in [-0.4, -0.2) is 52.0 Å². The van der Waals surface area contributed by atoms with Crippen LogP contribution in [0.15, 0.2) is 0 Å². The number of hydrogen-bond acceptors (Lipinski definition) is 3. The first-order valence-electron chi connectivity index (χ1n) is 29.2. The Balaban J connectivity index is -0.000000329. The first-order chi connectivity index (χ1) is 30.4. The topological polar surface area (TPSA) is 21.7 Å². The zero-order valence-corrected chi connectivity index (χ0v) is 51.4. The van der Waals surface area contributed by atoms with Crippen molar-refractivity contribution in [3.05, 3.63) is 0 Å². The van der Waals surface area contributed by atoms with E-state index < -0.39 is 0 Å². The number of hydrogen-bond donors (Lipinski definition) is 0. The van der Waals surface area contributed by atoms with Crippen molar-refractivity contribution in [1.29, 1.82) is 0 Å². The summed E-state index contributed by atoms with van der Waals surface area (Å²) in [7, 11) is 5.94. The molecule has 0 spiro atoms. The van der Waals surface area contributed by atoms with E-state index in [4.69, 9.17) is 9.47 Å². The molecule has 1 heterocycles. The van der Waals surface area contributed by atoms with Crippen molar-refractivity contribution in [2.75, 3.05) is 41.0 Å². The predicted molar refractivity (Wildman–Crippen MR) is 305 cm³/mol. The lowest BCUT2D eigenvalue weighted by Crippen LogP contribution is -2.19. The van der Waals surface area contributed by atoms with Gasteiger partial charge in [0.1, 0.15) is 0 Å². The molecule has 0 radical (unpaired) electrons. The fraction of sp³-hybridized carbons (Fsp3) is 1.00. The van der Waals surface area contributed by atoms with Gasteiger partial charge in [0.2, 0.25) is 0 Å². The van der Waals surface area contributed by atoms with Crippen LogP contribution in [0.3, 0.4) is 0 Å². The lowest BCUT2D eigenvalue weighted by atomic mass is 9.78. The third-order valence-corrected chi connectivity index (χ3v) is 15.9. The predicted octanol–water partition coefficient (Wildman–Crippen LogP) is 20.5. The zero-order chi connectivity index (χ0) is 52.2. The smallest absolute Gasteiger partial charge is 0.0566 e. The number of nitrogens with zero attached hydrogens (tertiary/aromatic N) is 1. The average Bonchev–Trinajstić information content (AvgIpc) is 3.92. The maximum atomic E-state index is 5.25. The maximum Gasteiger partial charge on any atom is 0.0566 e. The van der Waals surface area contributed by atoms with Gasteiger partial charge in [-0.25, -0.2) is 0 Å². The summed E-state index contributed by atoms with van der Waals surface area (Å²) in [4.78, 5) is 2.20. The van der Waals surface area contributed by atoms with E-state index in [1.807, 2.05) is 0 Å². The summed E-state index contributed by atoms with van der Waals surface area (Å²) in [5.41, 5.74) is 0.500. The van der Waals surface area contributed by atoms with Gasteiger partial charge in [0.15, 0.2) is 0 Å². The third-order valence-electron chi connectivity index (χ3n) is 15.9. The van der Waals surface area contributed by atoms with E-state index in [2.05, 4.69) is 185 Å². The SMILES string of the molecule is CC(C)C(C)(C)C.CC(C)C(C)C.CC(C)C1CC1.CC(C)C1CCC1.CC(C)C1CCCC1.CC(C)C1CCCCC1.CC(C)C1CCOCC1.CC(C)CN(C)C.CO[C@H](C)C(C)C. The minimum Gasteiger partial charge on any atom is -0.381 e. The van der Waals surface area contributed by atoms with Gasteiger partial charge in [-0.05, 0) is 147 Å². The molecule has 0 aromatic heterocycles. The molecule has 1 saturated heterocycles. The van der Waals surface area contributed by atoms with Crippen molar-refractivity contribution >= 4 is 0 Å². The molecule has 4 saturated carbocycles. The first-order valence-corrected chi connectivity index (χ1v) is 29.2. The summed E-state index contributed by atoms with van der Waals surface area (Å²) in [5.74, 6) is 13.8. The van der Waals surface area contributed by atoms with Crippen molar-refractivity contribution < 1.29 is 9.47 Å². The van der Waals surface area contributed by atoms with Gasteiger partial charge in [-0.3, -0.25) is 0 Å². The van der Waals surface area contributed by atoms with Crippen molar-refractivity contribution in [2.45, 2.75) is 275 Å². The summed E-state index contributed by atoms with van der Waals surface area (Å²) in [6.45, 7) is 57.5. The van der Waals surface area contributed by atoms with Crippen LogP contribution >= 0.6 is 0 Å². The molecule has 66 heavy (non-hydrogen) atoms. The maximum absolute atomic E-state index is 5.25. The summed E-state index contributed by atoms with van der Waals surface area (Å²) in [6.07, 6.45) is 23.9. The summed E-state index contributed by atoms with van der Waals surface area (Å²) >= 11 is 0. The van der Waals surface area contributed by atoms with Gasteiger partial charge < -0.3 is 14.4 Å². The van der Waals surface area contributed by atoms with Crippen LogP contribution in [0.5, 0.6) is 0 Å². The lowest BCUT2D eigenvalue weighted by molar-refractivity contribution is 0.0523.